The molecule has 1 aliphatic carbocycles. The maximum Gasteiger partial charge on any atom is 0.337 e. The minimum absolute atomic E-state index is 0.0453. The molecule has 0 radical (unpaired) electrons. The topological polar surface area (TPSA) is 114 Å². The molecule has 0 aromatic heterocycles. The van der Waals surface area contributed by atoms with E-state index in [0.717, 1.165) is 31.2 Å². The van der Waals surface area contributed by atoms with Crippen molar-refractivity contribution in [3.63, 3.8) is 0 Å². The summed E-state index contributed by atoms with van der Waals surface area (Å²) >= 11 is 0. The van der Waals surface area contributed by atoms with Gasteiger partial charge < -0.3 is 15.5 Å². The monoisotopic (exact) mass is 502 g/mol. The zero-order valence-corrected chi connectivity index (χ0v) is 20.8. The Balaban J connectivity index is 1.42. The molecule has 4 atom stereocenters. The van der Waals surface area contributed by atoms with Crippen LogP contribution in [0.15, 0.2) is 24.3 Å². The Morgan fingerprint density at radius 1 is 1.14 bits per heavy atom. The molecule has 3 N–H and O–H groups in total. The van der Waals surface area contributed by atoms with Crippen molar-refractivity contribution in [1.82, 2.24) is 30.9 Å². The van der Waals surface area contributed by atoms with E-state index in [4.69, 9.17) is 0 Å². The summed E-state index contributed by atoms with van der Waals surface area (Å²) < 4.78 is 13.1. The zero-order chi connectivity index (χ0) is 25.8. The van der Waals surface area contributed by atoms with Crippen molar-refractivity contribution >= 4 is 23.8 Å². The molecule has 3 aliphatic rings. The molecular weight excluding hydrogens is 467 g/mol. The van der Waals surface area contributed by atoms with Crippen molar-refractivity contribution in [3.8, 4) is 0 Å². The minimum Gasteiger partial charge on any atom is -0.354 e. The summed E-state index contributed by atoms with van der Waals surface area (Å²) in [7, 11) is 0. The first-order valence-electron chi connectivity index (χ1n) is 12.8. The molecule has 196 valence electrons. The number of carbonyl (C=O) groups excluding carboxylic acids is 4. The van der Waals surface area contributed by atoms with Crippen LogP contribution in [0.3, 0.4) is 0 Å². The predicted molar refractivity (Wildman–Crippen MR) is 129 cm³/mol. The lowest BCUT2D eigenvalue weighted by Gasteiger charge is -2.48. The van der Waals surface area contributed by atoms with E-state index in [1.54, 1.807) is 21.9 Å². The van der Waals surface area contributed by atoms with Gasteiger partial charge in [0.1, 0.15) is 12.4 Å². The Bertz CT molecular complexity index is 989. The maximum absolute atomic E-state index is 13.4. The van der Waals surface area contributed by atoms with Crippen LogP contribution < -0.4 is 16.1 Å². The summed E-state index contributed by atoms with van der Waals surface area (Å²) in [6, 6.07) is 5.27. The van der Waals surface area contributed by atoms with Crippen LogP contribution in [0.2, 0.25) is 0 Å². The molecule has 2 heterocycles. The molecule has 4 unspecified atom stereocenters. The molecule has 2 aliphatic heterocycles. The van der Waals surface area contributed by atoms with Crippen LogP contribution >= 0.6 is 0 Å². The van der Waals surface area contributed by atoms with Gasteiger partial charge in [-0.25, -0.2) is 14.2 Å². The fraction of sp³-hybridized carbons (Fsp3) is 0.600. The summed E-state index contributed by atoms with van der Waals surface area (Å²) in [5.41, 5.74) is 3.78. The molecular formula is C25H35FN6O4. The number of nitrogens with zero attached hydrogens (tertiary/aromatic N) is 3. The Labute approximate surface area is 210 Å². The van der Waals surface area contributed by atoms with E-state index in [1.165, 1.54) is 17.1 Å². The highest BCUT2D eigenvalue weighted by atomic mass is 19.1. The highest BCUT2D eigenvalue weighted by Crippen LogP contribution is 2.38. The molecule has 10 nitrogen and oxygen atoms in total. The molecule has 11 heteroatoms. The molecule has 1 saturated carbocycles. The lowest BCUT2D eigenvalue weighted by Crippen LogP contribution is -2.66. The molecule has 5 amide bonds. The molecule has 3 fully saturated rings. The van der Waals surface area contributed by atoms with Crippen LogP contribution in [-0.2, 0) is 20.9 Å². The van der Waals surface area contributed by atoms with Gasteiger partial charge >= 0.3 is 6.03 Å². The first-order chi connectivity index (χ1) is 17.3. The summed E-state index contributed by atoms with van der Waals surface area (Å²) in [6.45, 7) is 4.05. The van der Waals surface area contributed by atoms with E-state index >= 15 is 0 Å². The van der Waals surface area contributed by atoms with Gasteiger partial charge in [0.25, 0.3) is 0 Å². The maximum atomic E-state index is 13.4. The number of hydrazine groups is 1. The number of fused-ring (bicyclic) bond motifs is 3. The van der Waals surface area contributed by atoms with Crippen molar-refractivity contribution < 1.29 is 23.6 Å². The molecule has 0 spiro atoms. The third kappa shape index (κ3) is 5.61. The van der Waals surface area contributed by atoms with E-state index in [0.29, 0.717) is 6.42 Å². The first kappa shape index (κ1) is 25.9. The molecule has 1 aromatic carbocycles. The van der Waals surface area contributed by atoms with Crippen molar-refractivity contribution in [3.05, 3.63) is 35.6 Å². The number of hydrogen-bond acceptors (Lipinski definition) is 5. The summed E-state index contributed by atoms with van der Waals surface area (Å²) in [5.74, 6) is -1.24. The number of amides is 5. The van der Waals surface area contributed by atoms with Gasteiger partial charge in [-0.3, -0.25) is 19.3 Å². The molecule has 36 heavy (non-hydrogen) atoms. The smallest absolute Gasteiger partial charge is 0.337 e. The van der Waals surface area contributed by atoms with E-state index in [1.807, 2.05) is 13.8 Å². The second-order valence-electron chi connectivity index (χ2n) is 9.80. The van der Waals surface area contributed by atoms with E-state index in [9.17, 15) is 23.6 Å². The van der Waals surface area contributed by atoms with Crippen LogP contribution in [0.4, 0.5) is 9.18 Å². The standard InChI is InChI=1S/C25H35FN6O4/c1-3-16(2)28-21(33)12-13-30-23(35)19-6-4-5-7-20(19)32-24(30)29-31(25(32)36)15-22(34)27-14-17-8-10-18(26)11-9-17/h8-11,16,19-20,24,29H,3-7,12-15H2,1-2H3,(H,27,34)(H,28,33). The van der Waals surface area contributed by atoms with Gasteiger partial charge in [0.2, 0.25) is 17.7 Å². The number of urea groups is 1. The Kier molecular flexibility index (Phi) is 8.07. The minimum atomic E-state index is -0.731. The SMILES string of the molecule is CCC(C)NC(=O)CCN1C(=O)C2CCCCC2N2C(=O)N(CC(=O)NCc3ccc(F)cc3)NC12. The van der Waals surface area contributed by atoms with Gasteiger partial charge in [-0.1, -0.05) is 31.9 Å². The fourth-order valence-corrected chi connectivity index (χ4v) is 5.13. The van der Waals surface area contributed by atoms with E-state index in [2.05, 4.69) is 16.1 Å². The summed E-state index contributed by atoms with van der Waals surface area (Å²) in [4.78, 5) is 55.0. The Morgan fingerprint density at radius 2 is 1.86 bits per heavy atom. The van der Waals surface area contributed by atoms with E-state index < -0.39 is 6.29 Å². The number of hydrogen-bond donors (Lipinski definition) is 3. The van der Waals surface area contributed by atoms with Crippen molar-refractivity contribution in [1.29, 1.82) is 0 Å². The average molecular weight is 503 g/mol. The zero-order valence-electron chi connectivity index (χ0n) is 20.8. The van der Waals surface area contributed by atoms with Crippen molar-refractivity contribution in [2.75, 3.05) is 13.1 Å². The quantitative estimate of drug-likeness (QED) is 0.475. The Hall–Kier alpha value is -3.21. The average Bonchev–Trinajstić information content (AvgIpc) is 3.19. The van der Waals surface area contributed by atoms with Crippen molar-refractivity contribution in [2.24, 2.45) is 5.92 Å². The normalized spacial score (nSPS) is 24.3. The first-order valence-corrected chi connectivity index (χ1v) is 12.8. The molecule has 0 bridgehead atoms. The van der Waals surface area contributed by atoms with Crippen LogP contribution in [0, 0.1) is 11.7 Å². The highest BCUT2D eigenvalue weighted by molar-refractivity contribution is 5.88. The lowest BCUT2D eigenvalue weighted by molar-refractivity contribution is -0.156. The Morgan fingerprint density at radius 3 is 2.58 bits per heavy atom. The summed E-state index contributed by atoms with van der Waals surface area (Å²) in [5, 5.41) is 6.89. The van der Waals surface area contributed by atoms with Gasteiger partial charge in [0, 0.05) is 31.6 Å². The molecule has 4 rings (SSSR count). The molecule has 1 aromatic rings. The van der Waals surface area contributed by atoms with Gasteiger partial charge in [0.05, 0.1) is 5.92 Å². The highest BCUT2D eigenvalue weighted by Gasteiger charge is 2.54. The van der Waals surface area contributed by atoms with Crippen LogP contribution in [-0.4, -0.2) is 70.0 Å². The van der Waals surface area contributed by atoms with Crippen LogP contribution in [0.5, 0.6) is 0 Å². The van der Waals surface area contributed by atoms with Gasteiger partial charge in [0.15, 0.2) is 6.29 Å². The van der Waals surface area contributed by atoms with Gasteiger partial charge in [-0.05, 0) is 43.9 Å². The lowest BCUT2D eigenvalue weighted by atomic mass is 9.81. The van der Waals surface area contributed by atoms with Crippen LogP contribution in [0.25, 0.3) is 0 Å². The third-order valence-corrected chi connectivity index (χ3v) is 7.27. The number of halogens is 1. The predicted octanol–water partition coefficient (Wildman–Crippen LogP) is 1.67. The number of carbonyl (C=O) groups is 4. The number of nitrogens with one attached hydrogen (secondary N) is 3. The summed E-state index contributed by atoms with van der Waals surface area (Å²) in [6.07, 6.45) is 3.49. The molecule has 2 saturated heterocycles. The number of rotatable bonds is 9. The largest absolute Gasteiger partial charge is 0.354 e. The second-order valence-corrected chi connectivity index (χ2v) is 9.80. The van der Waals surface area contributed by atoms with E-state index in [-0.39, 0.29) is 73.6 Å². The third-order valence-electron chi connectivity index (χ3n) is 7.27. The van der Waals surface area contributed by atoms with Gasteiger partial charge in [-0.15, -0.1) is 0 Å². The van der Waals surface area contributed by atoms with Crippen LogP contribution in [0.1, 0.15) is 57.9 Å². The van der Waals surface area contributed by atoms with Crippen molar-refractivity contribution in [2.45, 2.75) is 77.3 Å². The fourth-order valence-electron chi connectivity index (χ4n) is 5.13. The number of benzene rings is 1. The van der Waals surface area contributed by atoms with Gasteiger partial charge in [-0.2, -0.15) is 5.43 Å². The second kappa shape index (κ2) is 11.2.